The molecule has 1 saturated heterocycles. The molecule has 0 amide bonds. The van der Waals surface area contributed by atoms with Crippen LogP contribution in [0.25, 0.3) is 10.2 Å². The summed E-state index contributed by atoms with van der Waals surface area (Å²) < 4.78 is 11.9. The highest BCUT2D eigenvalue weighted by atomic mass is 32.1. The van der Waals surface area contributed by atoms with Crippen LogP contribution in [0.3, 0.4) is 0 Å². The maximum atomic E-state index is 9.55. The Balaban J connectivity index is 0.000000414. The molecular formula is C27H33N3O6S. The van der Waals surface area contributed by atoms with Gasteiger partial charge in [-0.05, 0) is 61.8 Å². The second-order valence-corrected chi connectivity index (χ2v) is 9.52. The number of aromatic nitrogens is 1. The Morgan fingerprint density at radius 1 is 0.973 bits per heavy atom. The molecule has 3 aromatic rings. The van der Waals surface area contributed by atoms with Crippen molar-refractivity contribution in [2.45, 2.75) is 25.8 Å². The maximum Gasteiger partial charge on any atom is 0.328 e. The lowest BCUT2D eigenvalue weighted by Crippen LogP contribution is -2.37. The Bertz CT molecular complexity index is 1170. The molecule has 9 nitrogen and oxygen atoms in total. The molecule has 1 aliphatic rings. The topological polar surface area (TPSA) is 112 Å². The van der Waals surface area contributed by atoms with Gasteiger partial charge >= 0.3 is 11.9 Å². The van der Waals surface area contributed by atoms with Crippen molar-refractivity contribution in [1.29, 1.82) is 0 Å². The number of likely N-dealkylation sites (tertiary alicyclic amines) is 1. The Kier molecular flexibility index (Phi) is 10.7. The van der Waals surface area contributed by atoms with E-state index in [-0.39, 0.29) is 0 Å². The quantitative estimate of drug-likeness (QED) is 0.368. The third-order valence-electron chi connectivity index (χ3n) is 5.89. The number of aliphatic carboxylic acids is 2. The van der Waals surface area contributed by atoms with Gasteiger partial charge in [-0.2, -0.15) is 0 Å². The molecule has 2 heterocycles. The van der Waals surface area contributed by atoms with Gasteiger partial charge in [0, 0.05) is 31.8 Å². The average molecular weight is 528 g/mol. The monoisotopic (exact) mass is 527 g/mol. The van der Waals surface area contributed by atoms with Crippen LogP contribution in [0.15, 0.2) is 54.6 Å². The van der Waals surface area contributed by atoms with Gasteiger partial charge in [0.2, 0.25) is 0 Å². The van der Waals surface area contributed by atoms with Crippen molar-refractivity contribution in [3.05, 3.63) is 60.2 Å². The van der Waals surface area contributed by atoms with Crippen molar-refractivity contribution >= 4 is 38.6 Å². The smallest absolute Gasteiger partial charge is 0.328 e. The van der Waals surface area contributed by atoms with Gasteiger partial charge in [0.15, 0.2) is 5.13 Å². The molecule has 0 bridgehead atoms. The molecule has 0 spiro atoms. The Hall–Kier alpha value is -3.63. The SMILES string of the molecule is COc1ccc(CN(CCN2CCCCC2)c2nc3ccc(OC)cc3s2)cc1.O=C(O)/C=C/C(=O)O. The number of ether oxygens (including phenoxy) is 2. The number of carboxylic acids is 2. The molecule has 0 atom stereocenters. The largest absolute Gasteiger partial charge is 0.497 e. The van der Waals surface area contributed by atoms with E-state index in [0.717, 1.165) is 46.5 Å². The van der Waals surface area contributed by atoms with E-state index < -0.39 is 11.9 Å². The van der Waals surface area contributed by atoms with Gasteiger partial charge < -0.3 is 29.5 Å². The number of hydrogen-bond donors (Lipinski definition) is 2. The molecule has 0 unspecified atom stereocenters. The van der Waals surface area contributed by atoms with E-state index in [1.54, 1.807) is 25.6 Å². The minimum Gasteiger partial charge on any atom is -0.497 e. The van der Waals surface area contributed by atoms with Crippen LogP contribution in [-0.2, 0) is 16.1 Å². The Morgan fingerprint density at radius 3 is 2.19 bits per heavy atom. The van der Waals surface area contributed by atoms with E-state index in [2.05, 4.69) is 28.0 Å². The number of nitrogens with zero attached hydrogens (tertiary/aromatic N) is 3. The van der Waals surface area contributed by atoms with Gasteiger partial charge in [0.25, 0.3) is 0 Å². The number of piperidine rings is 1. The number of fused-ring (bicyclic) bond motifs is 1. The molecular weight excluding hydrogens is 494 g/mol. The first-order chi connectivity index (χ1) is 17.9. The van der Waals surface area contributed by atoms with Gasteiger partial charge in [-0.1, -0.05) is 29.9 Å². The summed E-state index contributed by atoms with van der Waals surface area (Å²) in [4.78, 5) is 29.0. The molecule has 2 N–H and O–H groups in total. The van der Waals surface area contributed by atoms with Crippen LogP contribution in [0.5, 0.6) is 11.5 Å². The van der Waals surface area contributed by atoms with Gasteiger partial charge in [0.1, 0.15) is 11.5 Å². The Labute approximate surface area is 220 Å². The van der Waals surface area contributed by atoms with Crippen LogP contribution in [-0.4, -0.2) is 72.4 Å². The minimum atomic E-state index is -1.26. The summed E-state index contributed by atoms with van der Waals surface area (Å²) in [5, 5.41) is 16.7. The highest BCUT2D eigenvalue weighted by Crippen LogP contribution is 2.32. The molecule has 37 heavy (non-hydrogen) atoms. The van der Waals surface area contributed by atoms with Crippen LogP contribution in [0.4, 0.5) is 5.13 Å². The summed E-state index contributed by atoms with van der Waals surface area (Å²) in [5.74, 6) is -0.747. The van der Waals surface area contributed by atoms with Crippen molar-refractivity contribution in [2.75, 3.05) is 45.3 Å². The number of thiazole rings is 1. The summed E-state index contributed by atoms with van der Waals surface area (Å²) >= 11 is 1.74. The van der Waals surface area contributed by atoms with Gasteiger partial charge in [-0.3, -0.25) is 0 Å². The number of anilines is 1. The van der Waals surface area contributed by atoms with Crippen molar-refractivity contribution in [1.82, 2.24) is 9.88 Å². The lowest BCUT2D eigenvalue weighted by Gasteiger charge is -2.30. The van der Waals surface area contributed by atoms with Crippen molar-refractivity contribution in [2.24, 2.45) is 0 Å². The van der Waals surface area contributed by atoms with Crippen LogP contribution in [0.2, 0.25) is 0 Å². The predicted molar refractivity (Wildman–Crippen MR) is 145 cm³/mol. The molecule has 4 rings (SSSR count). The molecule has 1 fully saturated rings. The zero-order valence-electron chi connectivity index (χ0n) is 21.1. The van der Waals surface area contributed by atoms with Gasteiger partial charge in [-0.25, -0.2) is 14.6 Å². The van der Waals surface area contributed by atoms with Crippen LogP contribution >= 0.6 is 11.3 Å². The minimum absolute atomic E-state index is 0.558. The van der Waals surface area contributed by atoms with Crippen molar-refractivity contribution in [3.8, 4) is 11.5 Å². The van der Waals surface area contributed by atoms with Gasteiger partial charge in [0.05, 0.1) is 24.4 Å². The average Bonchev–Trinajstić information content (AvgIpc) is 3.34. The molecule has 1 aliphatic heterocycles. The van der Waals surface area contributed by atoms with E-state index in [1.165, 1.54) is 37.9 Å². The van der Waals surface area contributed by atoms with Crippen LogP contribution < -0.4 is 14.4 Å². The molecule has 0 aliphatic carbocycles. The van der Waals surface area contributed by atoms with E-state index in [0.29, 0.717) is 12.2 Å². The summed E-state index contributed by atoms with van der Waals surface area (Å²) in [6.07, 6.45) is 5.12. The number of benzene rings is 2. The zero-order valence-corrected chi connectivity index (χ0v) is 21.9. The van der Waals surface area contributed by atoms with E-state index in [9.17, 15) is 9.59 Å². The first-order valence-electron chi connectivity index (χ1n) is 12.1. The zero-order chi connectivity index (χ0) is 26.6. The predicted octanol–water partition coefficient (Wildman–Crippen LogP) is 4.52. The van der Waals surface area contributed by atoms with Crippen molar-refractivity contribution < 1.29 is 29.3 Å². The first kappa shape index (κ1) is 27.9. The highest BCUT2D eigenvalue weighted by Gasteiger charge is 2.16. The molecule has 1 aromatic heterocycles. The maximum absolute atomic E-state index is 9.55. The molecule has 198 valence electrons. The summed E-state index contributed by atoms with van der Waals surface area (Å²) in [7, 11) is 3.41. The fraction of sp³-hybridized carbons (Fsp3) is 0.370. The third kappa shape index (κ3) is 9.07. The van der Waals surface area contributed by atoms with E-state index in [4.69, 9.17) is 24.7 Å². The Morgan fingerprint density at radius 2 is 1.59 bits per heavy atom. The van der Waals surface area contributed by atoms with Crippen LogP contribution in [0, 0.1) is 0 Å². The number of rotatable bonds is 10. The fourth-order valence-corrected chi connectivity index (χ4v) is 4.96. The second-order valence-electron chi connectivity index (χ2n) is 8.51. The standard InChI is InChI=1S/C23H29N3O2S.C4H4O4/c1-27-19-8-6-18(7-9-19)17-26(15-14-25-12-4-3-5-13-25)23-24-21-11-10-20(28-2)16-22(21)29-23;5-3(6)1-2-4(7)8/h6-11,16H,3-5,12-15,17H2,1-2H3;1-2H,(H,5,6)(H,7,8)/b;2-1+. The second kappa shape index (κ2) is 14.2. The fourth-order valence-electron chi connectivity index (χ4n) is 3.94. The normalized spacial score (nSPS) is 13.7. The number of carbonyl (C=O) groups is 2. The molecule has 2 aromatic carbocycles. The van der Waals surface area contributed by atoms with Crippen molar-refractivity contribution in [3.63, 3.8) is 0 Å². The highest BCUT2D eigenvalue weighted by molar-refractivity contribution is 7.22. The molecule has 0 radical (unpaired) electrons. The summed E-state index contributed by atoms with van der Waals surface area (Å²) in [5.41, 5.74) is 2.30. The lowest BCUT2D eigenvalue weighted by atomic mass is 10.1. The van der Waals surface area contributed by atoms with Crippen LogP contribution in [0.1, 0.15) is 24.8 Å². The van der Waals surface area contributed by atoms with E-state index in [1.807, 2.05) is 24.3 Å². The summed E-state index contributed by atoms with van der Waals surface area (Å²) in [6, 6.07) is 14.4. The molecule has 10 heteroatoms. The first-order valence-corrected chi connectivity index (χ1v) is 12.9. The number of hydrogen-bond acceptors (Lipinski definition) is 8. The van der Waals surface area contributed by atoms with E-state index >= 15 is 0 Å². The van der Waals surface area contributed by atoms with Gasteiger partial charge in [-0.15, -0.1) is 0 Å². The number of methoxy groups -OCH3 is 2. The summed E-state index contributed by atoms with van der Waals surface area (Å²) in [6.45, 7) is 5.33. The lowest BCUT2D eigenvalue weighted by molar-refractivity contribution is -0.134. The number of carboxylic acid groups (broad SMARTS) is 2. The third-order valence-corrected chi connectivity index (χ3v) is 6.97. The molecule has 0 saturated carbocycles.